The maximum absolute atomic E-state index is 13.1. The van der Waals surface area contributed by atoms with Gasteiger partial charge in [-0.3, -0.25) is 9.48 Å². The van der Waals surface area contributed by atoms with Gasteiger partial charge in [0.05, 0.1) is 17.1 Å². The van der Waals surface area contributed by atoms with Crippen molar-refractivity contribution in [3.05, 3.63) is 17.0 Å². The van der Waals surface area contributed by atoms with Crippen LogP contribution >= 0.6 is 0 Å². The Labute approximate surface area is 166 Å². The van der Waals surface area contributed by atoms with Crippen LogP contribution in [0.5, 0.6) is 0 Å². The second-order valence-electron chi connectivity index (χ2n) is 9.00. The van der Waals surface area contributed by atoms with Crippen LogP contribution in [0.1, 0.15) is 67.1 Å². The topological polar surface area (TPSA) is 98.6 Å². The molecule has 1 aliphatic carbocycles. The number of hydrogen-bond acceptors (Lipinski definition) is 6. The molecule has 0 bridgehead atoms. The van der Waals surface area contributed by atoms with E-state index in [0.29, 0.717) is 37.1 Å². The summed E-state index contributed by atoms with van der Waals surface area (Å²) in [5.74, 6) is -0.706. The SMILES string of the molecule is CCOC(=O)c1nn(C)c2c1CCN(CC1(S(=O)(=O)CC(C)(C)C)CC1)C2=O. The molecule has 1 aliphatic heterocycles. The van der Waals surface area contributed by atoms with E-state index in [4.69, 9.17) is 4.74 Å². The molecule has 0 N–H and O–H groups in total. The number of aryl methyl sites for hydroxylation is 1. The number of fused-ring (bicyclic) bond motifs is 1. The highest BCUT2D eigenvalue weighted by Crippen LogP contribution is 2.46. The summed E-state index contributed by atoms with van der Waals surface area (Å²) < 4.78 is 31.5. The number of hydrogen-bond donors (Lipinski definition) is 0. The highest BCUT2D eigenvalue weighted by Gasteiger charge is 2.56. The molecule has 3 rings (SSSR count). The number of amides is 1. The summed E-state index contributed by atoms with van der Waals surface area (Å²) in [6.07, 6.45) is 1.63. The van der Waals surface area contributed by atoms with Crippen LogP contribution in [0.3, 0.4) is 0 Å². The maximum Gasteiger partial charge on any atom is 0.359 e. The molecular formula is C19H29N3O5S. The van der Waals surface area contributed by atoms with Gasteiger partial charge in [0.15, 0.2) is 15.5 Å². The third kappa shape index (κ3) is 3.68. The standard InChI is InChI=1S/C19H29N3O5S/c1-6-27-17(24)14-13-7-10-22(16(23)15(13)21(5)20-14)11-19(8-9-19)28(25,26)12-18(2,3)4/h6-12H2,1-5H3. The van der Waals surface area contributed by atoms with Gasteiger partial charge in [-0.2, -0.15) is 5.10 Å². The maximum atomic E-state index is 13.1. The summed E-state index contributed by atoms with van der Waals surface area (Å²) in [6.45, 7) is 8.24. The lowest BCUT2D eigenvalue weighted by molar-refractivity contribution is 0.0517. The van der Waals surface area contributed by atoms with Gasteiger partial charge in [0.2, 0.25) is 0 Å². The molecule has 0 aromatic carbocycles. The predicted molar refractivity (Wildman–Crippen MR) is 104 cm³/mol. The van der Waals surface area contributed by atoms with Crippen LogP contribution in [0.4, 0.5) is 0 Å². The minimum Gasteiger partial charge on any atom is -0.461 e. The van der Waals surface area contributed by atoms with Crippen molar-refractivity contribution < 1.29 is 22.7 Å². The van der Waals surface area contributed by atoms with Crippen LogP contribution in [0.25, 0.3) is 0 Å². The zero-order valence-corrected chi connectivity index (χ0v) is 18.1. The molecule has 0 radical (unpaired) electrons. The van der Waals surface area contributed by atoms with Crippen molar-refractivity contribution in [1.82, 2.24) is 14.7 Å². The lowest BCUT2D eigenvalue weighted by atomic mass is 10.0. The number of esters is 1. The monoisotopic (exact) mass is 411 g/mol. The number of sulfone groups is 1. The number of nitrogens with zero attached hydrogens (tertiary/aromatic N) is 3. The van der Waals surface area contributed by atoms with Gasteiger partial charge >= 0.3 is 5.97 Å². The molecular weight excluding hydrogens is 382 g/mol. The van der Waals surface area contributed by atoms with E-state index in [1.807, 2.05) is 20.8 Å². The van der Waals surface area contributed by atoms with E-state index in [1.165, 1.54) is 4.68 Å². The summed E-state index contributed by atoms with van der Waals surface area (Å²) in [7, 11) is -1.71. The molecule has 9 heteroatoms. The Balaban J connectivity index is 1.83. The minimum absolute atomic E-state index is 0.103. The number of ether oxygens (including phenoxy) is 1. The quantitative estimate of drug-likeness (QED) is 0.659. The van der Waals surface area contributed by atoms with Crippen LogP contribution < -0.4 is 0 Å². The molecule has 28 heavy (non-hydrogen) atoms. The largest absolute Gasteiger partial charge is 0.461 e. The lowest BCUT2D eigenvalue weighted by Gasteiger charge is -2.32. The first-order valence-electron chi connectivity index (χ1n) is 9.65. The van der Waals surface area contributed by atoms with Crippen molar-refractivity contribution in [2.75, 3.05) is 25.4 Å². The van der Waals surface area contributed by atoms with Crippen LogP contribution in [0, 0.1) is 5.41 Å². The summed E-state index contributed by atoms with van der Waals surface area (Å²) in [6, 6.07) is 0. The average Bonchev–Trinajstić information content (AvgIpc) is 3.26. The van der Waals surface area contributed by atoms with Crippen molar-refractivity contribution >= 4 is 21.7 Å². The summed E-state index contributed by atoms with van der Waals surface area (Å²) >= 11 is 0. The van der Waals surface area contributed by atoms with Crippen molar-refractivity contribution in [3.8, 4) is 0 Å². The van der Waals surface area contributed by atoms with Crippen LogP contribution in [0.2, 0.25) is 0 Å². The van der Waals surface area contributed by atoms with Gasteiger partial charge in [-0.15, -0.1) is 0 Å². The van der Waals surface area contributed by atoms with E-state index in [2.05, 4.69) is 5.10 Å². The summed E-state index contributed by atoms with van der Waals surface area (Å²) in [5.41, 5.74) is 0.779. The first kappa shape index (κ1) is 20.8. The van der Waals surface area contributed by atoms with Gasteiger partial charge in [0.1, 0.15) is 5.69 Å². The Hall–Kier alpha value is -1.90. The molecule has 2 aliphatic rings. The third-order valence-electron chi connectivity index (χ3n) is 5.31. The second-order valence-corrected chi connectivity index (χ2v) is 11.4. The van der Waals surface area contributed by atoms with Gasteiger partial charge in [-0.1, -0.05) is 20.8 Å². The molecule has 0 atom stereocenters. The molecule has 1 amide bonds. The smallest absolute Gasteiger partial charge is 0.359 e. The molecule has 1 aromatic heterocycles. The first-order chi connectivity index (χ1) is 12.9. The fraction of sp³-hybridized carbons (Fsp3) is 0.737. The van der Waals surface area contributed by atoms with Gasteiger partial charge in [0, 0.05) is 25.7 Å². The molecule has 8 nitrogen and oxygen atoms in total. The summed E-state index contributed by atoms with van der Waals surface area (Å²) in [4.78, 5) is 26.8. The fourth-order valence-electron chi connectivity index (χ4n) is 3.86. The zero-order chi connectivity index (χ0) is 20.9. The number of carbonyl (C=O) groups excluding carboxylic acids is 2. The summed E-state index contributed by atoms with van der Waals surface area (Å²) in [5, 5.41) is 4.18. The Morgan fingerprint density at radius 3 is 2.46 bits per heavy atom. The third-order valence-corrected chi connectivity index (χ3v) is 8.41. The van der Waals surface area contributed by atoms with Gasteiger partial charge in [-0.25, -0.2) is 13.2 Å². The number of carbonyl (C=O) groups is 2. The Bertz CT molecular complexity index is 907. The normalized spacial score (nSPS) is 18.8. The fourth-order valence-corrected chi connectivity index (χ4v) is 6.39. The highest BCUT2D eigenvalue weighted by atomic mass is 32.2. The molecule has 1 fully saturated rings. The average molecular weight is 412 g/mol. The van der Waals surface area contributed by atoms with E-state index in [1.54, 1.807) is 18.9 Å². The lowest BCUT2D eigenvalue weighted by Crippen LogP contribution is -2.47. The van der Waals surface area contributed by atoms with Crippen molar-refractivity contribution in [2.24, 2.45) is 12.5 Å². The molecule has 0 spiro atoms. The van der Waals surface area contributed by atoms with Gasteiger partial charge < -0.3 is 9.64 Å². The molecule has 1 saturated carbocycles. The Morgan fingerprint density at radius 2 is 1.93 bits per heavy atom. The molecule has 156 valence electrons. The molecule has 1 aromatic rings. The van der Waals surface area contributed by atoms with Crippen molar-refractivity contribution in [3.63, 3.8) is 0 Å². The van der Waals surface area contributed by atoms with Gasteiger partial charge in [-0.05, 0) is 31.6 Å². The van der Waals surface area contributed by atoms with Gasteiger partial charge in [0.25, 0.3) is 5.91 Å². The minimum atomic E-state index is -3.32. The van der Waals surface area contributed by atoms with E-state index >= 15 is 0 Å². The van der Waals surface area contributed by atoms with E-state index in [9.17, 15) is 18.0 Å². The highest BCUT2D eigenvalue weighted by molar-refractivity contribution is 7.93. The van der Waals surface area contributed by atoms with Crippen LogP contribution in [-0.2, 0) is 28.0 Å². The van der Waals surface area contributed by atoms with Crippen LogP contribution in [-0.4, -0.2) is 65.2 Å². The first-order valence-corrected chi connectivity index (χ1v) is 11.3. The zero-order valence-electron chi connectivity index (χ0n) is 17.2. The number of aromatic nitrogens is 2. The second kappa shape index (κ2) is 6.86. The van der Waals surface area contributed by atoms with E-state index in [0.717, 1.165) is 0 Å². The Kier molecular flexibility index (Phi) is 5.10. The van der Waals surface area contributed by atoms with E-state index < -0.39 is 20.6 Å². The predicted octanol–water partition coefficient (Wildman–Crippen LogP) is 1.59. The van der Waals surface area contributed by atoms with Crippen LogP contribution in [0.15, 0.2) is 0 Å². The molecule has 2 heterocycles. The van der Waals surface area contributed by atoms with E-state index in [-0.39, 0.29) is 35.9 Å². The Morgan fingerprint density at radius 1 is 1.29 bits per heavy atom. The number of rotatable bonds is 6. The van der Waals surface area contributed by atoms with Crippen molar-refractivity contribution in [1.29, 1.82) is 0 Å². The molecule has 0 saturated heterocycles. The molecule has 0 unspecified atom stereocenters. The van der Waals surface area contributed by atoms with Crippen molar-refractivity contribution in [2.45, 2.75) is 51.7 Å².